The Bertz CT molecular complexity index is 626. The molecule has 6 fully saturated rings. The quantitative estimate of drug-likeness (QED) is 0.579. The van der Waals surface area contributed by atoms with Crippen LogP contribution in [0.25, 0.3) is 0 Å². The van der Waals surface area contributed by atoms with Gasteiger partial charge in [-0.25, -0.2) is 0 Å². The molecule has 5 unspecified atom stereocenters. The van der Waals surface area contributed by atoms with Gasteiger partial charge in [-0.1, -0.05) is 13.8 Å². The van der Waals surface area contributed by atoms with E-state index >= 15 is 0 Å². The number of fused-ring (bicyclic) bond motifs is 2. The van der Waals surface area contributed by atoms with E-state index in [1.54, 1.807) is 0 Å². The first-order valence-corrected chi connectivity index (χ1v) is 10.9. The van der Waals surface area contributed by atoms with E-state index in [2.05, 4.69) is 0 Å². The van der Waals surface area contributed by atoms with E-state index in [1.807, 2.05) is 20.8 Å². The van der Waals surface area contributed by atoms with Gasteiger partial charge in [-0.2, -0.15) is 13.2 Å². The largest absolute Gasteiger partial charge is 0.458 e. The third-order valence-corrected chi connectivity index (χ3v) is 9.92. The lowest BCUT2D eigenvalue weighted by molar-refractivity contribution is -0.271. The molecule has 0 heterocycles. The van der Waals surface area contributed by atoms with Crippen LogP contribution in [0, 0.1) is 52.8 Å². The van der Waals surface area contributed by atoms with Crippen molar-refractivity contribution in [2.45, 2.75) is 77.5 Å². The van der Waals surface area contributed by atoms with Gasteiger partial charge < -0.3 is 4.74 Å². The zero-order valence-corrected chi connectivity index (χ0v) is 16.5. The molecule has 0 aliphatic heterocycles. The molecular weight excluding hydrogens is 353 g/mol. The molecule has 0 spiro atoms. The van der Waals surface area contributed by atoms with Gasteiger partial charge in [-0.3, -0.25) is 4.79 Å². The van der Waals surface area contributed by atoms with Crippen LogP contribution in [0.4, 0.5) is 13.2 Å². The number of carbonyl (C=O) groups is 1. The molecular formula is C22H31F3O2. The van der Waals surface area contributed by atoms with Gasteiger partial charge in [0.2, 0.25) is 0 Å². The highest BCUT2D eigenvalue weighted by Gasteiger charge is 2.74. The van der Waals surface area contributed by atoms with Crippen LogP contribution in [0.1, 0.15) is 65.7 Å². The summed E-state index contributed by atoms with van der Waals surface area (Å²) in [5.41, 5.74) is -2.97. The molecule has 152 valence electrons. The molecule has 0 aromatic rings. The van der Waals surface area contributed by atoms with Crippen LogP contribution >= 0.6 is 0 Å². The van der Waals surface area contributed by atoms with E-state index in [0.29, 0.717) is 18.3 Å². The van der Waals surface area contributed by atoms with Crippen molar-refractivity contribution in [3.8, 4) is 0 Å². The highest BCUT2D eigenvalue weighted by Crippen LogP contribution is 2.68. The molecule has 6 rings (SSSR count). The lowest BCUT2D eigenvalue weighted by Gasteiger charge is -2.59. The fourth-order valence-corrected chi connectivity index (χ4v) is 8.29. The summed E-state index contributed by atoms with van der Waals surface area (Å²) >= 11 is 0. The van der Waals surface area contributed by atoms with Crippen LogP contribution in [-0.4, -0.2) is 17.7 Å². The van der Waals surface area contributed by atoms with Crippen molar-refractivity contribution >= 4 is 5.97 Å². The van der Waals surface area contributed by atoms with E-state index in [4.69, 9.17) is 4.74 Å². The molecule has 2 nitrogen and oxygen atoms in total. The van der Waals surface area contributed by atoms with Crippen molar-refractivity contribution in [2.24, 2.45) is 52.8 Å². The number of halogens is 3. The van der Waals surface area contributed by atoms with Gasteiger partial charge in [-0.15, -0.1) is 0 Å². The monoisotopic (exact) mass is 384 g/mol. The molecule has 0 amide bonds. The molecule has 6 aliphatic carbocycles. The van der Waals surface area contributed by atoms with Crippen LogP contribution < -0.4 is 0 Å². The minimum Gasteiger partial charge on any atom is -0.458 e. The van der Waals surface area contributed by atoms with Crippen LogP contribution in [0.15, 0.2) is 0 Å². The van der Waals surface area contributed by atoms with Crippen molar-refractivity contribution in [3.63, 3.8) is 0 Å². The van der Waals surface area contributed by atoms with Crippen molar-refractivity contribution in [2.75, 3.05) is 0 Å². The van der Waals surface area contributed by atoms with Crippen molar-refractivity contribution < 1.29 is 22.7 Å². The molecule has 0 N–H and O–H groups in total. The maximum absolute atomic E-state index is 14.4. The molecule has 6 bridgehead atoms. The minimum atomic E-state index is -4.53. The first-order chi connectivity index (χ1) is 12.6. The zero-order chi connectivity index (χ0) is 19.4. The maximum Gasteiger partial charge on any atom is 0.405 e. The van der Waals surface area contributed by atoms with Crippen LogP contribution in [0.3, 0.4) is 0 Å². The molecule has 27 heavy (non-hydrogen) atoms. The van der Waals surface area contributed by atoms with Crippen molar-refractivity contribution in [1.29, 1.82) is 0 Å². The van der Waals surface area contributed by atoms with E-state index < -0.39 is 29.1 Å². The lowest BCUT2D eigenvalue weighted by atomic mass is 9.50. The summed E-state index contributed by atoms with van der Waals surface area (Å²) in [4.78, 5) is 13.3. The number of esters is 1. The average molecular weight is 384 g/mol. The molecule has 0 aromatic heterocycles. The summed E-state index contributed by atoms with van der Waals surface area (Å²) < 4.78 is 49.1. The Balaban J connectivity index is 1.46. The Kier molecular flexibility index (Phi) is 3.69. The SMILES string of the molecule is CC1C2CC(C1C)C(C(=O)OC1(C)C3CC4CC(C3)CC1C4)(C(F)(F)F)C2. The fourth-order valence-electron chi connectivity index (χ4n) is 8.29. The highest BCUT2D eigenvalue weighted by atomic mass is 19.4. The zero-order valence-electron chi connectivity index (χ0n) is 16.5. The van der Waals surface area contributed by atoms with Gasteiger partial charge in [0, 0.05) is 0 Å². The van der Waals surface area contributed by atoms with E-state index in [9.17, 15) is 18.0 Å². The topological polar surface area (TPSA) is 26.3 Å². The lowest BCUT2D eigenvalue weighted by Crippen LogP contribution is -2.61. The van der Waals surface area contributed by atoms with Gasteiger partial charge in [0.05, 0.1) is 0 Å². The summed E-state index contributed by atoms with van der Waals surface area (Å²) in [7, 11) is 0. The first kappa shape index (κ1) is 18.3. The predicted octanol–water partition coefficient (Wildman–Crippen LogP) is 5.61. The first-order valence-electron chi connectivity index (χ1n) is 10.9. The summed E-state index contributed by atoms with van der Waals surface area (Å²) in [5, 5.41) is 0. The molecule has 6 saturated carbocycles. The number of alkyl halides is 3. The summed E-state index contributed by atoms with van der Waals surface area (Å²) in [6.07, 6.45) is 1.28. The molecule has 5 heteroatoms. The van der Waals surface area contributed by atoms with Crippen molar-refractivity contribution in [3.05, 3.63) is 0 Å². The second kappa shape index (κ2) is 5.44. The normalized spacial score (nSPS) is 55.9. The third-order valence-electron chi connectivity index (χ3n) is 9.92. The van der Waals surface area contributed by atoms with Crippen molar-refractivity contribution in [1.82, 2.24) is 0 Å². The molecule has 0 aromatic carbocycles. The third kappa shape index (κ3) is 2.23. The summed E-state index contributed by atoms with van der Waals surface area (Å²) in [5.74, 6) is 0.487. The number of rotatable bonds is 2. The second-order valence-corrected chi connectivity index (χ2v) is 10.9. The Morgan fingerprint density at radius 3 is 1.93 bits per heavy atom. The van der Waals surface area contributed by atoms with E-state index in [-0.39, 0.29) is 36.0 Å². The van der Waals surface area contributed by atoms with Crippen LogP contribution in [0.2, 0.25) is 0 Å². The Hall–Kier alpha value is -0.740. The second-order valence-electron chi connectivity index (χ2n) is 10.9. The van der Waals surface area contributed by atoms with Gasteiger partial charge >= 0.3 is 12.1 Å². The molecule has 0 saturated heterocycles. The molecule has 6 aliphatic rings. The summed E-state index contributed by atoms with van der Waals surface area (Å²) in [6.45, 7) is 5.88. The standard InChI is InChI=1S/C22H31F3O2/c1-11-12(2)18-9-15(11)10-21(18,22(23,24)25)19(26)27-20(3)16-5-13-4-14(7-16)8-17(20)6-13/h11-18H,4-10H2,1-3H3. The van der Waals surface area contributed by atoms with Gasteiger partial charge in [0.25, 0.3) is 0 Å². The van der Waals surface area contributed by atoms with Crippen LogP contribution in [0.5, 0.6) is 0 Å². The number of carbonyl (C=O) groups excluding carboxylic acids is 1. The Morgan fingerprint density at radius 2 is 1.48 bits per heavy atom. The van der Waals surface area contributed by atoms with Gasteiger partial charge in [-0.05, 0) is 99.2 Å². The molecule has 0 radical (unpaired) electrons. The van der Waals surface area contributed by atoms with Gasteiger partial charge in [0.15, 0.2) is 5.41 Å². The fraction of sp³-hybridized carbons (Fsp3) is 0.955. The number of ether oxygens (including phenoxy) is 1. The van der Waals surface area contributed by atoms with E-state index in [0.717, 1.165) is 25.7 Å². The highest BCUT2D eigenvalue weighted by molar-refractivity contribution is 5.80. The number of hydrogen-bond acceptors (Lipinski definition) is 2. The predicted molar refractivity (Wildman–Crippen MR) is 94.6 cm³/mol. The molecule has 5 atom stereocenters. The number of hydrogen-bond donors (Lipinski definition) is 0. The summed E-state index contributed by atoms with van der Waals surface area (Å²) in [6, 6.07) is 0. The minimum absolute atomic E-state index is 0.00881. The van der Waals surface area contributed by atoms with Crippen LogP contribution in [-0.2, 0) is 9.53 Å². The van der Waals surface area contributed by atoms with E-state index in [1.165, 1.54) is 6.42 Å². The Morgan fingerprint density at radius 1 is 0.926 bits per heavy atom. The maximum atomic E-state index is 14.4. The Labute approximate surface area is 159 Å². The smallest absolute Gasteiger partial charge is 0.405 e. The average Bonchev–Trinajstić information content (AvgIpc) is 3.10. The van der Waals surface area contributed by atoms with Gasteiger partial charge in [0.1, 0.15) is 5.60 Å².